The number of piperazine rings is 1. The summed E-state index contributed by atoms with van der Waals surface area (Å²) in [5.74, 6) is 1.91. The number of nitrogens with zero attached hydrogens (tertiary/aromatic N) is 5. The number of amides is 2. The Morgan fingerprint density at radius 3 is 2.17 bits per heavy atom. The Labute approximate surface area is 206 Å². The molecule has 2 aromatic carbocycles. The number of imidazole rings is 1. The topological polar surface area (TPSA) is 70.9 Å². The van der Waals surface area contributed by atoms with Gasteiger partial charge < -0.3 is 19.1 Å². The van der Waals surface area contributed by atoms with Crippen LogP contribution >= 0.6 is 0 Å². The Bertz CT molecular complexity index is 1210. The van der Waals surface area contributed by atoms with Crippen molar-refractivity contribution in [3.8, 4) is 5.75 Å². The van der Waals surface area contributed by atoms with Crippen LogP contribution in [0.2, 0.25) is 0 Å². The van der Waals surface area contributed by atoms with Crippen LogP contribution in [0.1, 0.15) is 46.3 Å². The van der Waals surface area contributed by atoms with Crippen LogP contribution in [0.15, 0.2) is 42.5 Å². The summed E-state index contributed by atoms with van der Waals surface area (Å²) in [4.78, 5) is 36.7. The quantitative estimate of drug-likeness (QED) is 0.548. The van der Waals surface area contributed by atoms with Crippen LogP contribution in [0.3, 0.4) is 0 Å². The molecule has 8 nitrogen and oxygen atoms in total. The van der Waals surface area contributed by atoms with Crippen LogP contribution < -0.4 is 4.74 Å². The van der Waals surface area contributed by atoms with Gasteiger partial charge >= 0.3 is 0 Å². The van der Waals surface area contributed by atoms with Crippen molar-refractivity contribution in [1.82, 2.24) is 24.3 Å². The van der Waals surface area contributed by atoms with Gasteiger partial charge in [0.05, 0.1) is 24.2 Å². The molecule has 1 aromatic heterocycles. The summed E-state index contributed by atoms with van der Waals surface area (Å²) in [6.45, 7) is 7.92. The first-order chi connectivity index (χ1) is 17.0. The highest BCUT2D eigenvalue weighted by molar-refractivity contribution is 5.97. The van der Waals surface area contributed by atoms with Crippen molar-refractivity contribution in [2.24, 2.45) is 7.05 Å². The van der Waals surface area contributed by atoms with Gasteiger partial charge in [0.1, 0.15) is 11.6 Å². The van der Waals surface area contributed by atoms with Crippen LogP contribution in [-0.2, 0) is 13.6 Å². The predicted molar refractivity (Wildman–Crippen MR) is 135 cm³/mol. The molecule has 2 fully saturated rings. The lowest BCUT2D eigenvalue weighted by atomic mass is 10.1. The minimum atomic E-state index is 0.0608. The van der Waals surface area contributed by atoms with Crippen molar-refractivity contribution in [3.63, 3.8) is 0 Å². The van der Waals surface area contributed by atoms with Crippen molar-refractivity contribution in [2.75, 3.05) is 45.9 Å². The van der Waals surface area contributed by atoms with Crippen molar-refractivity contribution in [1.29, 1.82) is 0 Å². The molecule has 0 bridgehead atoms. The average molecular weight is 476 g/mol. The second kappa shape index (κ2) is 10.1. The van der Waals surface area contributed by atoms with E-state index in [2.05, 4.69) is 9.47 Å². The number of carbonyl (C=O) groups is 2. The second-order valence-electron chi connectivity index (χ2n) is 9.32. The van der Waals surface area contributed by atoms with Crippen molar-refractivity contribution < 1.29 is 14.3 Å². The van der Waals surface area contributed by atoms with E-state index >= 15 is 0 Å². The van der Waals surface area contributed by atoms with Gasteiger partial charge in [-0.05, 0) is 62.2 Å². The van der Waals surface area contributed by atoms with Crippen LogP contribution in [0.4, 0.5) is 0 Å². The summed E-state index contributed by atoms with van der Waals surface area (Å²) in [6, 6.07) is 13.2. The normalized spacial score (nSPS) is 16.7. The highest BCUT2D eigenvalue weighted by atomic mass is 16.5. The SMILES string of the molecule is CCOc1ccc(C(=O)N2CCN(Cc3nc4cc(C(=O)N5CCCC5)ccc4n3C)CC2)cc1. The summed E-state index contributed by atoms with van der Waals surface area (Å²) in [7, 11) is 2.03. The molecule has 0 N–H and O–H groups in total. The number of aryl methyl sites for hydroxylation is 1. The summed E-state index contributed by atoms with van der Waals surface area (Å²) < 4.78 is 7.58. The molecular weight excluding hydrogens is 442 g/mol. The molecule has 184 valence electrons. The number of hydrogen-bond donors (Lipinski definition) is 0. The molecule has 0 spiro atoms. The van der Waals surface area contributed by atoms with Gasteiger partial charge in [0, 0.05) is 57.4 Å². The van der Waals surface area contributed by atoms with Crippen LogP contribution in [0.25, 0.3) is 11.0 Å². The minimum absolute atomic E-state index is 0.0608. The summed E-state index contributed by atoms with van der Waals surface area (Å²) >= 11 is 0. The Morgan fingerprint density at radius 1 is 0.857 bits per heavy atom. The first kappa shape index (κ1) is 23.4. The maximum atomic E-state index is 12.9. The van der Waals surface area contributed by atoms with Crippen LogP contribution in [-0.4, -0.2) is 81.9 Å². The maximum absolute atomic E-state index is 12.9. The lowest BCUT2D eigenvalue weighted by molar-refractivity contribution is 0.0624. The van der Waals surface area contributed by atoms with E-state index in [1.165, 1.54) is 0 Å². The Balaban J connectivity index is 1.21. The Hall–Kier alpha value is -3.39. The standard InChI is InChI=1S/C27H33N5O3/c1-3-35-22-9-6-20(7-10-22)26(33)32-16-14-30(15-17-32)19-25-28-23-18-21(8-11-24(23)29(25)2)27(34)31-12-4-5-13-31/h6-11,18H,3-5,12-17,19H2,1-2H3. The number of likely N-dealkylation sites (tertiary alicyclic amines) is 1. The summed E-state index contributed by atoms with van der Waals surface area (Å²) in [5, 5.41) is 0. The van der Waals surface area contributed by atoms with E-state index in [0.717, 1.165) is 61.6 Å². The van der Waals surface area contributed by atoms with Gasteiger partial charge in [-0.25, -0.2) is 4.98 Å². The molecule has 2 aliphatic heterocycles. The van der Waals surface area contributed by atoms with E-state index in [-0.39, 0.29) is 11.8 Å². The van der Waals surface area contributed by atoms with Crippen molar-refractivity contribution >= 4 is 22.8 Å². The largest absolute Gasteiger partial charge is 0.494 e. The molecule has 5 rings (SSSR count). The van der Waals surface area contributed by atoms with Gasteiger partial charge in [-0.15, -0.1) is 0 Å². The van der Waals surface area contributed by atoms with Gasteiger partial charge in [-0.3, -0.25) is 14.5 Å². The van der Waals surface area contributed by atoms with E-state index in [0.29, 0.717) is 37.4 Å². The molecule has 2 amide bonds. The van der Waals surface area contributed by atoms with E-state index in [1.54, 1.807) is 0 Å². The van der Waals surface area contributed by atoms with Gasteiger partial charge in [0.25, 0.3) is 11.8 Å². The molecular formula is C27H33N5O3. The average Bonchev–Trinajstić information content (AvgIpc) is 3.53. The highest BCUT2D eigenvalue weighted by Gasteiger charge is 2.24. The monoisotopic (exact) mass is 475 g/mol. The number of aromatic nitrogens is 2. The fourth-order valence-electron chi connectivity index (χ4n) is 4.98. The van der Waals surface area contributed by atoms with Gasteiger partial charge in [0.2, 0.25) is 0 Å². The van der Waals surface area contributed by atoms with E-state index in [1.807, 2.05) is 66.2 Å². The number of fused-ring (bicyclic) bond motifs is 1. The number of carbonyl (C=O) groups excluding carboxylic acids is 2. The molecule has 0 saturated carbocycles. The smallest absolute Gasteiger partial charge is 0.253 e. The van der Waals surface area contributed by atoms with Crippen LogP contribution in [0, 0.1) is 0 Å². The zero-order valence-electron chi connectivity index (χ0n) is 20.6. The fourth-order valence-corrected chi connectivity index (χ4v) is 4.98. The second-order valence-corrected chi connectivity index (χ2v) is 9.32. The zero-order chi connectivity index (χ0) is 24.4. The van der Waals surface area contributed by atoms with Gasteiger partial charge in [-0.2, -0.15) is 0 Å². The Morgan fingerprint density at radius 2 is 1.49 bits per heavy atom. The lowest BCUT2D eigenvalue weighted by Crippen LogP contribution is -2.48. The maximum Gasteiger partial charge on any atom is 0.253 e. The third-order valence-electron chi connectivity index (χ3n) is 7.05. The summed E-state index contributed by atoms with van der Waals surface area (Å²) in [6.07, 6.45) is 2.17. The van der Waals surface area contributed by atoms with Crippen LogP contribution in [0.5, 0.6) is 5.75 Å². The van der Waals surface area contributed by atoms with Gasteiger partial charge in [-0.1, -0.05) is 0 Å². The summed E-state index contributed by atoms with van der Waals surface area (Å²) in [5.41, 5.74) is 3.29. The highest BCUT2D eigenvalue weighted by Crippen LogP contribution is 2.21. The molecule has 3 aromatic rings. The first-order valence-corrected chi connectivity index (χ1v) is 12.5. The number of rotatable bonds is 6. The molecule has 0 aliphatic carbocycles. The predicted octanol–water partition coefficient (Wildman–Crippen LogP) is 3.17. The zero-order valence-corrected chi connectivity index (χ0v) is 20.6. The van der Waals surface area contributed by atoms with E-state index < -0.39 is 0 Å². The first-order valence-electron chi connectivity index (χ1n) is 12.5. The van der Waals surface area contributed by atoms with Gasteiger partial charge in [0.15, 0.2) is 0 Å². The van der Waals surface area contributed by atoms with Crippen molar-refractivity contribution in [2.45, 2.75) is 26.3 Å². The molecule has 0 atom stereocenters. The molecule has 2 saturated heterocycles. The van der Waals surface area contributed by atoms with E-state index in [4.69, 9.17) is 9.72 Å². The number of benzene rings is 2. The molecule has 3 heterocycles. The third kappa shape index (κ3) is 4.89. The third-order valence-corrected chi connectivity index (χ3v) is 7.05. The molecule has 2 aliphatic rings. The lowest BCUT2D eigenvalue weighted by Gasteiger charge is -2.34. The molecule has 0 radical (unpaired) electrons. The van der Waals surface area contributed by atoms with Crippen molar-refractivity contribution in [3.05, 3.63) is 59.4 Å². The molecule has 35 heavy (non-hydrogen) atoms. The number of hydrogen-bond acceptors (Lipinski definition) is 5. The number of ether oxygens (including phenoxy) is 1. The fraction of sp³-hybridized carbons (Fsp3) is 0.444. The molecule has 0 unspecified atom stereocenters. The minimum Gasteiger partial charge on any atom is -0.494 e. The van der Waals surface area contributed by atoms with E-state index in [9.17, 15) is 9.59 Å². The Kier molecular flexibility index (Phi) is 6.72. The molecule has 8 heteroatoms.